The number of thiophene rings is 1. The van der Waals surface area contributed by atoms with Crippen LogP contribution >= 0.6 is 11.3 Å². The maximum Gasteiger partial charge on any atom is 0.339 e. The molecule has 1 amide bonds. The highest BCUT2D eigenvalue weighted by Crippen LogP contribution is 2.25. The number of methoxy groups -OCH3 is 1. The molecule has 2 aromatic heterocycles. The first-order chi connectivity index (χ1) is 15.5. The van der Waals surface area contributed by atoms with Crippen molar-refractivity contribution >= 4 is 44.9 Å². The van der Waals surface area contributed by atoms with Gasteiger partial charge in [0.2, 0.25) is 0 Å². The van der Waals surface area contributed by atoms with E-state index >= 15 is 0 Å². The van der Waals surface area contributed by atoms with Crippen LogP contribution in [0, 0.1) is 6.92 Å². The number of esters is 1. The molecule has 8 heteroatoms. The van der Waals surface area contributed by atoms with Crippen LogP contribution in [0.15, 0.2) is 60.2 Å². The largest absolute Gasteiger partial charge is 0.465 e. The summed E-state index contributed by atoms with van der Waals surface area (Å²) < 4.78 is 5.94. The first-order valence-electron chi connectivity index (χ1n) is 10.1. The van der Waals surface area contributed by atoms with E-state index in [0.717, 1.165) is 27.2 Å². The maximum absolute atomic E-state index is 12.6. The molecule has 32 heavy (non-hydrogen) atoms. The van der Waals surface area contributed by atoms with E-state index < -0.39 is 5.97 Å². The van der Waals surface area contributed by atoms with Gasteiger partial charge in [-0.3, -0.25) is 4.79 Å². The predicted molar refractivity (Wildman–Crippen MR) is 127 cm³/mol. The molecule has 0 radical (unpaired) electrons. The minimum Gasteiger partial charge on any atom is -0.465 e. The topological polar surface area (TPSA) is 93.2 Å². The molecule has 4 aromatic rings. The van der Waals surface area contributed by atoms with Crippen LogP contribution in [-0.4, -0.2) is 35.5 Å². The lowest BCUT2D eigenvalue weighted by molar-refractivity contribution is 0.0602. The second-order valence-corrected chi connectivity index (χ2v) is 8.14. The minimum absolute atomic E-state index is 0.284. The Bertz CT molecular complexity index is 1270. The zero-order valence-corrected chi connectivity index (χ0v) is 18.5. The highest BCUT2D eigenvalue weighted by atomic mass is 32.1. The van der Waals surface area contributed by atoms with Crippen molar-refractivity contribution in [1.29, 1.82) is 0 Å². The molecule has 0 atom stereocenters. The first kappa shape index (κ1) is 21.5. The third-order valence-electron chi connectivity index (χ3n) is 5.00. The second kappa shape index (κ2) is 9.57. The van der Waals surface area contributed by atoms with Crippen LogP contribution in [0.25, 0.3) is 10.2 Å². The van der Waals surface area contributed by atoms with E-state index in [9.17, 15) is 9.59 Å². The molecule has 0 aliphatic heterocycles. The normalized spacial score (nSPS) is 10.7. The summed E-state index contributed by atoms with van der Waals surface area (Å²) in [7, 11) is 1.32. The number of aromatic nitrogens is 2. The summed E-state index contributed by atoms with van der Waals surface area (Å²) in [6, 6.07) is 14.6. The summed E-state index contributed by atoms with van der Waals surface area (Å²) in [6.45, 7) is 2.58. The van der Waals surface area contributed by atoms with Crippen LogP contribution in [0.5, 0.6) is 0 Å². The van der Waals surface area contributed by atoms with E-state index in [1.165, 1.54) is 13.4 Å². The number of fused-ring (bicyclic) bond motifs is 1. The van der Waals surface area contributed by atoms with Crippen molar-refractivity contribution in [3.05, 3.63) is 82.5 Å². The molecule has 0 saturated carbocycles. The number of amides is 1. The summed E-state index contributed by atoms with van der Waals surface area (Å²) in [5.41, 5.74) is 4.15. The van der Waals surface area contributed by atoms with E-state index in [1.807, 2.05) is 36.6 Å². The van der Waals surface area contributed by atoms with Gasteiger partial charge in [-0.2, -0.15) is 0 Å². The summed E-state index contributed by atoms with van der Waals surface area (Å²) in [4.78, 5) is 33.5. The molecule has 2 aromatic carbocycles. The van der Waals surface area contributed by atoms with Gasteiger partial charge in [0.15, 0.2) is 0 Å². The number of rotatable bonds is 7. The standard InChI is InChI=1S/C24H22N4O3S/c1-15-3-6-17(7-4-15)23(29)28-19-8-5-16(13-18(19)24(30)31-2)9-11-25-22-21-20(10-12-32-21)26-14-27-22/h3-8,10,12-14H,9,11H2,1-2H3,(H,28,29)(H,25,26,27). The van der Waals surface area contributed by atoms with Crippen LogP contribution in [0.4, 0.5) is 11.5 Å². The van der Waals surface area contributed by atoms with Gasteiger partial charge >= 0.3 is 5.97 Å². The van der Waals surface area contributed by atoms with Crippen molar-refractivity contribution in [2.75, 3.05) is 24.3 Å². The monoisotopic (exact) mass is 446 g/mol. The molecule has 4 rings (SSSR count). The fourth-order valence-corrected chi connectivity index (χ4v) is 4.09. The van der Waals surface area contributed by atoms with Crippen molar-refractivity contribution in [3.63, 3.8) is 0 Å². The van der Waals surface area contributed by atoms with Crippen molar-refractivity contribution in [3.8, 4) is 0 Å². The Hall–Kier alpha value is -3.78. The molecule has 0 bridgehead atoms. The number of ether oxygens (including phenoxy) is 1. The lowest BCUT2D eigenvalue weighted by Gasteiger charge is -2.12. The number of hydrogen-bond donors (Lipinski definition) is 2. The van der Waals surface area contributed by atoms with Gasteiger partial charge < -0.3 is 15.4 Å². The summed E-state index contributed by atoms with van der Waals surface area (Å²) in [6.07, 6.45) is 2.20. The highest BCUT2D eigenvalue weighted by molar-refractivity contribution is 7.17. The minimum atomic E-state index is -0.505. The average molecular weight is 447 g/mol. The van der Waals surface area contributed by atoms with Crippen molar-refractivity contribution in [2.45, 2.75) is 13.3 Å². The third kappa shape index (κ3) is 4.76. The number of hydrogen-bond acceptors (Lipinski definition) is 7. The SMILES string of the molecule is COC(=O)c1cc(CCNc2ncnc3ccsc23)ccc1NC(=O)c1ccc(C)cc1. The molecule has 0 unspecified atom stereocenters. The molecule has 0 saturated heterocycles. The number of benzene rings is 2. The zero-order valence-electron chi connectivity index (χ0n) is 17.7. The van der Waals surface area contributed by atoms with Crippen LogP contribution in [0.1, 0.15) is 31.8 Å². The van der Waals surface area contributed by atoms with Gasteiger partial charge in [-0.25, -0.2) is 14.8 Å². The van der Waals surface area contributed by atoms with Crippen LogP contribution < -0.4 is 10.6 Å². The Morgan fingerprint density at radius 3 is 2.66 bits per heavy atom. The van der Waals surface area contributed by atoms with Gasteiger partial charge in [-0.1, -0.05) is 23.8 Å². The fourth-order valence-electron chi connectivity index (χ4n) is 3.27. The van der Waals surface area contributed by atoms with Crippen LogP contribution in [0.3, 0.4) is 0 Å². The Morgan fingerprint density at radius 1 is 1.06 bits per heavy atom. The Kier molecular flexibility index (Phi) is 6.42. The molecule has 162 valence electrons. The Morgan fingerprint density at radius 2 is 1.88 bits per heavy atom. The van der Waals surface area contributed by atoms with Crippen LogP contribution in [-0.2, 0) is 11.2 Å². The number of carbonyl (C=O) groups excluding carboxylic acids is 2. The summed E-state index contributed by atoms with van der Waals surface area (Å²) >= 11 is 1.59. The van der Waals surface area contributed by atoms with Gasteiger partial charge in [0.25, 0.3) is 5.91 Å². The Labute approximate surface area is 189 Å². The van der Waals surface area contributed by atoms with Gasteiger partial charge in [0, 0.05) is 12.1 Å². The van der Waals surface area contributed by atoms with Crippen LogP contribution in [0.2, 0.25) is 0 Å². The van der Waals surface area contributed by atoms with E-state index in [1.54, 1.807) is 35.6 Å². The molecule has 0 spiro atoms. The number of carbonyl (C=O) groups is 2. The number of nitrogens with zero attached hydrogens (tertiary/aromatic N) is 2. The number of aryl methyl sites for hydroxylation is 1. The first-order valence-corrected chi connectivity index (χ1v) is 10.9. The molecule has 0 aliphatic carbocycles. The van der Waals surface area contributed by atoms with Crippen molar-refractivity contribution in [1.82, 2.24) is 9.97 Å². The molecular weight excluding hydrogens is 424 g/mol. The lowest BCUT2D eigenvalue weighted by atomic mass is 10.1. The third-order valence-corrected chi connectivity index (χ3v) is 5.91. The summed E-state index contributed by atoms with van der Waals surface area (Å²) in [5.74, 6) is 0.00331. The highest BCUT2D eigenvalue weighted by Gasteiger charge is 2.16. The Balaban J connectivity index is 1.48. The quantitative estimate of drug-likeness (QED) is 0.400. The second-order valence-electron chi connectivity index (χ2n) is 7.23. The van der Waals surface area contributed by atoms with Gasteiger partial charge in [0.1, 0.15) is 12.1 Å². The molecular formula is C24H22N4O3S. The van der Waals surface area contributed by atoms with E-state index in [2.05, 4.69) is 20.6 Å². The molecule has 7 nitrogen and oxygen atoms in total. The number of anilines is 2. The zero-order chi connectivity index (χ0) is 22.5. The van der Waals surface area contributed by atoms with Gasteiger partial charge in [-0.15, -0.1) is 11.3 Å². The maximum atomic E-state index is 12.6. The molecule has 2 heterocycles. The average Bonchev–Trinajstić information content (AvgIpc) is 3.29. The predicted octanol–water partition coefficient (Wildman–Crippen LogP) is 4.69. The van der Waals surface area contributed by atoms with E-state index in [-0.39, 0.29) is 5.91 Å². The fraction of sp³-hybridized carbons (Fsp3) is 0.167. The van der Waals surface area contributed by atoms with Crippen molar-refractivity contribution in [2.24, 2.45) is 0 Å². The van der Waals surface area contributed by atoms with E-state index in [4.69, 9.17) is 4.74 Å². The van der Waals surface area contributed by atoms with Crippen molar-refractivity contribution < 1.29 is 14.3 Å². The lowest BCUT2D eigenvalue weighted by Crippen LogP contribution is -2.16. The number of nitrogens with one attached hydrogen (secondary N) is 2. The molecule has 2 N–H and O–H groups in total. The van der Waals surface area contributed by atoms with Gasteiger partial charge in [0.05, 0.1) is 28.6 Å². The van der Waals surface area contributed by atoms with E-state index in [0.29, 0.717) is 29.8 Å². The van der Waals surface area contributed by atoms with Gasteiger partial charge in [-0.05, 0) is 54.6 Å². The molecule has 0 fully saturated rings. The smallest absolute Gasteiger partial charge is 0.339 e. The molecule has 0 aliphatic rings. The summed E-state index contributed by atoms with van der Waals surface area (Å²) in [5, 5.41) is 8.13.